The molecule has 0 unspecified atom stereocenters. The van der Waals surface area contributed by atoms with Crippen molar-refractivity contribution in [1.29, 1.82) is 0 Å². The third-order valence-electron chi connectivity index (χ3n) is 2.61. The highest BCUT2D eigenvalue weighted by molar-refractivity contribution is 5.78. The number of rotatable bonds is 3. The number of esters is 1. The average molecular weight is 200 g/mol. The lowest BCUT2D eigenvalue weighted by molar-refractivity contribution is -0.150. The molecule has 1 aliphatic rings. The van der Waals surface area contributed by atoms with Gasteiger partial charge in [0, 0.05) is 12.5 Å². The first-order valence-electron chi connectivity index (χ1n) is 4.49. The second-order valence-electron chi connectivity index (χ2n) is 4.03. The highest BCUT2D eigenvalue weighted by atomic mass is 16.6. The van der Waals surface area contributed by atoms with Crippen molar-refractivity contribution in [3.8, 4) is 0 Å². The van der Waals surface area contributed by atoms with E-state index in [9.17, 15) is 9.90 Å². The van der Waals surface area contributed by atoms with Gasteiger partial charge in [0.25, 0.3) is 0 Å². The van der Waals surface area contributed by atoms with Gasteiger partial charge < -0.3 is 14.6 Å². The van der Waals surface area contributed by atoms with Crippen LogP contribution in [-0.4, -0.2) is 36.5 Å². The molecule has 1 aliphatic heterocycles. The topological polar surface area (TPSA) is 55.8 Å². The molecule has 1 N–H and O–H groups in total. The molecular weight excluding hydrogens is 184 g/mol. The van der Waals surface area contributed by atoms with Crippen LogP contribution in [0.2, 0.25) is 0 Å². The van der Waals surface area contributed by atoms with Crippen molar-refractivity contribution in [3.05, 3.63) is 12.7 Å². The lowest BCUT2D eigenvalue weighted by Crippen LogP contribution is -2.40. The van der Waals surface area contributed by atoms with Crippen LogP contribution in [0.4, 0.5) is 0 Å². The largest absolute Gasteiger partial charge is 0.457 e. The first-order valence-corrected chi connectivity index (χ1v) is 4.49. The minimum atomic E-state index is -0.930. The highest BCUT2D eigenvalue weighted by Gasteiger charge is 2.49. The van der Waals surface area contributed by atoms with Crippen LogP contribution >= 0.6 is 0 Å². The van der Waals surface area contributed by atoms with E-state index in [1.54, 1.807) is 6.08 Å². The Kier molecular flexibility index (Phi) is 2.97. The summed E-state index contributed by atoms with van der Waals surface area (Å²) in [6.07, 6.45) is -0.733. The van der Waals surface area contributed by atoms with Gasteiger partial charge in [0.1, 0.15) is 12.2 Å². The van der Waals surface area contributed by atoms with Crippen LogP contribution in [0.1, 0.15) is 13.8 Å². The maximum atomic E-state index is 11.2. The lowest BCUT2D eigenvalue weighted by Gasteiger charge is -2.28. The molecule has 4 heteroatoms. The van der Waals surface area contributed by atoms with Gasteiger partial charge in [-0.3, -0.25) is 0 Å². The van der Waals surface area contributed by atoms with Gasteiger partial charge >= 0.3 is 5.97 Å². The molecule has 0 saturated carbocycles. The van der Waals surface area contributed by atoms with E-state index >= 15 is 0 Å². The molecule has 0 aromatic rings. The van der Waals surface area contributed by atoms with E-state index in [0.717, 1.165) is 0 Å². The molecule has 14 heavy (non-hydrogen) atoms. The van der Waals surface area contributed by atoms with Crippen LogP contribution in [0.15, 0.2) is 12.7 Å². The fourth-order valence-electron chi connectivity index (χ4n) is 1.50. The van der Waals surface area contributed by atoms with Gasteiger partial charge in [0.2, 0.25) is 0 Å². The second-order valence-corrected chi connectivity index (χ2v) is 4.03. The third-order valence-corrected chi connectivity index (χ3v) is 2.61. The molecule has 0 aliphatic carbocycles. The number of carbonyl (C=O) groups excluding carboxylic acids is 1. The zero-order valence-corrected chi connectivity index (χ0v) is 8.69. The summed E-state index contributed by atoms with van der Waals surface area (Å²) < 4.78 is 9.89. The monoisotopic (exact) mass is 200 g/mol. The first-order chi connectivity index (χ1) is 6.44. The number of hydrogen-bond donors (Lipinski definition) is 1. The van der Waals surface area contributed by atoms with Crippen molar-refractivity contribution >= 4 is 5.97 Å². The van der Waals surface area contributed by atoms with E-state index in [0.29, 0.717) is 0 Å². The Morgan fingerprint density at radius 3 is 2.57 bits per heavy atom. The summed E-state index contributed by atoms with van der Waals surface area (Å²) in [5.41, 5.74) is -0.456. The van der Waals surface area contributed by atoms with E-state index in [-0.39, 0.29) is 0 Å². The van der Waals surface area contributed by atoms with E-state index in [1.165, 1.54) is 7.11 Å². The average Bonchev–Trinajstić information content (AvgIpc) is 2.42. The summed E-state index contributed by atoms with van der Waals surface area (Å²) in [5.74, 6) is -0.514. The molecule has 4 nitrogen and oxygen atoms in total. The summed E-state index contributed by atoms with van der Waals surface area (Å²) in [5, 5.41) is 9.77. The van der Waals surface area contributed by atoms with Gasteiger partial charge in [-0.25, -0.2) is 4.79 Å². The van der Waals surface area contributed by atoms with Crippen LogP contribution in [-0.2, 0) is 14.3 Å². The minimum absolute atomic E-state index is 0.456. The van der Waals surface area contributed by atoms with Crippen LogP contribution in [0.25, 0.3) is 0 Å². The predicted molar refractivity (Wildman–Crippen MR) is 50.7 cm³/mol. The van der Waals surface area contributed by atoms with Gasteiger partial charge in [-0.05, 0) is 0 Å². The molecule has 0 aromatic heterocycles. The number of hydrogen-bond acceptors (Lipinski definition) is 4. The molecule has 1 rings (SSSR count). The van der Waals surface area contributed by atoms with Crippen molar-refractivity contribution in [2.24, 2.45) is 5.41 Å². The smallest absolute Gasteiger partial charge is 0.338 e. The van der Waals surface area contributed by atoms with Crippen molar-refractivity contribution in [2.45, 2.75) is 32.2 Å². The molecule has 0 aromatic carbocycles. The van der Waals surface area contributed by atoms with E-state index < -0.39 is 29.7 Å². The zero-order chi connectivity index (χ0) is 10.9. The fraction of sp³-hybridized carbons (Fsp3) is 0.700. The summed E-state index contributed by atoms with van der Waals surface area (Å²) in [6.45, 7) is 7.34. The third kappa shape index (κ3) is 1.67. The molecule has 0 spiro atoms. The van der Waals surface area contributed by atoms with Gasteiger partial charge in [-0.2, -0.15) is 0 Å². The maximum absolute atomic E-state index is 11.2. The number of cyclic esters (lactones) is 1. The van der Waals surface area contributed by atoms with Crippen LogP contribution in [0, 0.1) is 5.41 Å². The predicted octanol–water partition coefficient (Wildman–Crippen LogP) is 0.500. The molecule has 1 heterocycles. The van der Waals surface area contributed by atoms with Gasteiger partial charge in [-0.1, -0.05) is 19.9 Å². The second kappa shape index (κ2) is 3.71. The highest BCUT2D eigenvalue weighted by Crippen LogP contribution is 2.33. The number of aliphatic hydroxyl groups excluding tert-OH is 1. The molecule has 0 bridgehead atoms. The normalized spacial score (nSPS) is 32.9. The van der Waals surface area contributed by atoms with E-state index in [1.807, 2.05) is 13.8 Å². The number of carbonyl (C=O) groups is 1. The molecule has 0 radical (unpaired) electrons. The molecule has 0 amide bonds. The minimum Gasteiger partial charge on any atom is -0.457 e. The molecular formula is C10H16O4. The van der Waals surface area contributed by atoms with Crippen molar-refractivity contribution in [3.63, 3.8) is 0 Å². The molecule has 1 fully saturated rings. The molecule has 1 saturated heterocycles. The van der Waals surface area contributed by atoms with E-state index in [2.05, 4.69) is 6.58 Å². The first kappa shape index (κ1) is 11.2. The standard InChI is InChI=1S/C10H16O4/c1-5-10(2,3)8-6(11)7(13-4)9(12)14-8/h5-8,11H,1H2,2-4H3/t6-,7-,8+/m0/s1. The SMILES string of the molecule is C=CC(C)(C)[C@@H]1OC(=O)[C@@H](OC)[C@@H]1O. The van der Waals surface area contributed by atoms with Crippen molar-refractivity contribution in [1.82, 2.24) is 0 Å². The summed E-state index contributed by atoms with van der Waals surface area (Å²) in [6, 6.07) is 0. The van der Waals surface area contributed by atoms with E-state index in [4.69, 9.17) is 9.47 Å². The molecule has 80 valence electrons. The zero-order valence-electron chi connectivity index (χ0n) is 8.69. The molecule has 3 atom stereocenters. The Hall–Kier alpha value is -0.870. The van der Waals surface area contributed by atoms with Gasteiger partial charge in [-0.15, -0.1) is 6.58 Å². The Balaban J connectivity index is 2.85. The Morgan fingerprint density at radius 1 is 1.64 bits per heavy atom. The fourth-order valence-corrected chi connectivity index (χ4v) is 1.50. The van der Waals surface area contributed by atoms with Crippen molar-refractivity contribution in [2.75, 3.05) is 7.11 Å². The maximum Gasteiger partial charge on any atom is 0.338 e. The Morgan fingerprint density at radius 2 is 2.21 bits per heavy atom. The van der Waals surface area contributed by atoms with Crippen molar-refractivity contribution < 1.29 is 19.4 Å². The summed E-state index contributed by atoms with van der Waals surface area (Å²) in [4.78, 5) is 11.2. The Labute approximate surface area is 83.5 Å². The van der Waals surface area contributed by atoms with Crippen LogP contribution in [0.3, 0.4) is 0 Å². The van der Waals surface area contributed by atoms with Crippen LogP contribution < -0.4 is 0 Å². The summed E-state index contributed by atoms with van der Waals surface area (Å²) in [7, 11) is 1.37. The number of ether oxygens (including phenoxy) is 2. The van der Waals surface area contributed by atoms with Gasteiger partial charge in [0.15, 0.2) is 6.10 Å². The Bertz CT molecular complexity index is 247. The lowest BCUT2D eigenvalue weighted by atomic mass is 9.83. The quantitative estimate of drug-likeness (QED) is 0.532. The van der Waals surface area contributed by atoms with Crippen LogP contribution in [0.5, 0.6) is 0 Å². The van der Waals surface area contributed by atoms with Gasteiger partial charge in [0.05, 0.1) is 0 Å². The number of methoxy groups -OCH3 is 1. The summed E-state index contributed by atoms with van der Waals surface area (Å²) >= 11 is 0. The number of aliphatic hydroxyl groups is 1.